The summed E-state index contributed by atoms with van der Waals surface area (Å²) in [6, 6.07) is 4.53. The van der Waals surface area contributed by atoms with Crippen molar-refractivity contribution in [1.29, 1.82) is 0 Å². The summed E-state index contributed by atoms with van der Waals surface area (Å²) in [5, 5.41) is 0.0568. The predicted molar refractivity (Wildman–Crippen MR) is 100 cm³/mol. The predicted octanol–water partition coefficient (Wildman–Crippen LogP) is 2.28. The second kappa shape index (κ2) is 9.09. The highest BCUT2D eigenvalue weighted by Gasteiger charge is 2.28. The van der Waals surface area contributed by atoms with Crippen LogP contribution in [-0.4, -0.2) is 46.3 Å². The highest BCUT2D eigenvalue weighted by atomic mass is 32.1. The minimum Gasteiger partial charge on any atom is -0.497 e. The van der Waals surface area contributed by atoms with Gasteiger partial charge in [-0.25, -0.2) is 14.4 Å². The Kier molecular flexibility index (Phi) is 6.83. The van der Waals surface area contributed by atoms with Gasteiger partial charge in [-0.05, 0) is 12.1 Å². The molecule has 0 radical (unpaired) electrons. The van der Waals surface area contributed by atoms with Crippen molar-refractivity contribution in [3.05, 3.63) is 39.8 Å². The molecule has 10 heteroatoms. The van der Waals surface area contributed by atoms with E-state index in [9.17, 15) is 14.4 Å². The number of methoxy groups -OCH3 is 4. The number of esters is 3. The van der Waals surface area contributed by atoms with Gasteiger partial charge in [0, 0.05) is 11.6 Å². The Morgan fingerprint density at radius 1 is 0.893 bits per heavy atom. The lowest BCUT2D eigenvalue weighted by atomic mass is 10.1. The van der Waals surface area contributed by atoms with Crippen LogP contribution < -0.4 is 15.2 Å². The van der Waals surface area contributed by atoms with Crippen molar-refractivity contribution in [2.75, 3.05) is 34.2 Å². The Morgan fingerprint density at radius 2 is 1.46 bits per heavy atom. The number of ether oxygens (including phenoxy) is 5. The number of nitrogens with two attached hydrogens (primary N) is 1. The van der Waals surface area contributed by atoms with Crippen LogP contribution >= 0.6 is 11.3 Å². The Labute approximate surface area is 164 Å². The van der Waals surface area contributed by atoms with Gasteiger partial charge in [-0.15, -0.1) is 11.3 Å². The van der Waals surface area contributed by atoms with Crippen LogP contribution in [0.15, 0.2) is 18.2 Å². The van der Waals surface area contributed by atoms with Gasteiger partial charge in [0.25, 0.3) is 0 Å². The number of nitrogen functional groups attached to an aromatic ring is 1. The van der Waals surface area contributed by atoms with Crippen molar-refractivity contribution in [1.82, 2.24) is 0 Å². The molecule has 1 heterocycles. The molecule has 2 N–H and O–H groups in total. The van der Waals surface area contributed by atoms with Crippen LogP contribution in [0.3, 0.4) is 0 Å². The van der Waals surface area contributed by atoms with Gasteiger partial charge in [-0.3, -0.25) is 0 Å². The van der Waals surface area contributed by atoms with Gasteiger partial charge in [-0.1, -0.05) is 0 Å². The van der Waals surface area contributed by atoms with Crippen LogP contribution in [0, 0.1) is 0 Å². The van der Waals surface area contributed by atoms with E-state index in [0.29, 0.717) is 11.5 Å². The fourth-order valence-electron chi connectivity index (χ4n) is 2.35. The van der Waals surface area contributed by atoms with E-state index in [1.165, 1.54) is 40.6 Å². The molecule has 0 fully saturated rings. The second-order valence-corrected chi connectivity index (χ2v) is 6.36. The fraction of sp³-hybridized carbons (Fsp3) is 0.278. The third-order valence-corrected chi connectivity index (χ3v) is 4.77. The molecule has 0 saturated heterocycles. The smallest absolute Gasteiger partial charge is 0.348 e. The third kappa shape index (κ3) is 4.34. The number of anilines is 1. The van der Waals surface area contributed by atoms with E-state index in [0.717, 1.165) is 11.3 Å². The van der Waals surface area contributed by atoms with E-state index < -0.39 is 17.9 Å². The molecule has 0 bridgehead atoms. The van der Waals surface area contributed by atoms with Crippen molar-refractivity contribution in [2.45, 2.75) is 6.61 Å². The third-order valence-electron chi connectivity index (χ3n) is 3.73. The maximum atomic E-state index is 12.5. The molecule has 0 aliphatic rings. The molecule has 0 aliphatic carbocycles. The van der Waals surface area contributed by atoms with E-state index >= 15 is 0 Å². The van der Waals surface area contributed by atoms with Crippen LogP contribution in [0.25, 0.3) is 0 Å². The van der Waals surface area contributed by atoms with Gasteiger partial charge in [0.05, 0.1) is 34.0 Å². The molecule has 150 valence electrons. The zero-order valence-corrected chi connectivity index (χ0v) is 16.5. The molecule has 28 heavy (non-hydrogen) atoms. The lowest BCUT2D eigenvalue weighted by molar-refractivity contribution is 0.0452. The Morgan fingerprint density at radius 3 is 1.96 bits per heavy atom. The van der Waals surface area contributed by atoms with Crippen molar-refractivity contribution in [3.8, 4) is 11.5 Å². The summed E-state index contributed by atoms with van der Waals surface area (Å²) in [4.78, 5) is 36.6. The molecule has 9 nitrogen and oxygen atoms in total. The van der Waals surface area contributed by atoms with Crippen LogP contribution in [0.1, 0.15) is 36.0 Å². The summed E-state index contributed by atoms with van der Waals surface area (Å²) in [5.41, 5.74) is 6.08. The van der Waals surface area contributed by atoms with E-state index in [-0.39, 0.29) is 33.2 Å². The first kappa shape index (κ1) is 21.0. The molecule has 1 aromatic carbocycles. The van der Waals surface area contributed by atoms with E-state index in [1.807, 2.05) is 0 Å². The standard InChI is InChI=1S/C18H19NO8S/c1-23-10-5-9(6-11(7-10)24-2)16(20)27-8-12-13(17(21)25-3)15(19)28-14(12)18(22)26-4/h5-7H,8,19H2,1-4H3. The van der Waals surface area contributed by atoms with Gasteiger partial charge in [0.2, 0.25) is 0 Å². The number of benzene rings is 1. The van der Waals surface area contributed by atoms with Crippen LogP contribution in [-0.2, 0) is 20.8 Å². The summed E-state index contributed by atoms with van der Waals surface area (Å²) in [6.07, 6.45) is 0. The Balaban J connectivity index is 2.34. The quantitative estimate of drug-likeness (QED) is 0.542. The van der Waals surface area contributed by atoms with Crippen LogP contribution in [0.4, 0.5) is 5.00 Å². The highest BCUT2D eigenvalue weighted by Crippen LogP contribution is 2.33. The van der Waals surface area contributed by atoms with Gasteiger partial charge in [0.1, 0.15) is 33.5 Å². The lowest BCUT2D eigenvalue weighted by Crippen LogP contribution is -2.13. The van der Waals surface area contributed by atoms with Crippen molar-refractivity contribution < 1.29 is 38.1 Å². The average molecular weight is 409 g/mol. The SMILES string of the molecule is COC(=O)c1sc(N)c(C(=O)OC)c1COC(=O)c1cc(OC)cc(OC)c1. The molecule has 0 amide bonds. The first-order valence-electron chi connectivity index (χ1n) is 7.84. The Bertz CT molecular complexity index is 883. The Hall–Kier alpha value is -3.27. The zero-order chi connectivity index (χ0) is 20.8. The largest absolute Gasteiger partial charge is 0.497 e. The lowest BCUT2D eigenvalue weighted by Gasteiger charge is -2.10. The van der Waals surface area contributed by atoms with Gasteiger partial charge in [0.15, 0.2) is 0 Å². The number of rotatable bonds is 7. The zero-order valence-electron chi connectivity index (χ0n) is 15.7. The normalized spacial score (nSPS) is 10.1. The first-order chi connectivity index (χ1) is 13.4. The van der Waals surface area contributed by atoms with Crippen molar-refractivity contribution in [2.24, 2.45) is 0 Å². The molecule has 1 aromatic heterocycles. The molecule has 0 atom stereocenters. The van der Waals surface area contributed by atoms with Crippen LogP contribution in [0.2, 0.25) is 0 Å². The molecule has 0 aliphatic heterocycles. The molecular formula is C18H19NO8S. The molecule has 2 aromatic rings. The molecular weight excluding hydrogens is 390 g/mol. The fourth-order valence-corrected chi connectivity index (χ4v) is 3.33. The minimum atomic E-state index is -0.752. The highest BCUT2D eigenvalue weighted by molar-refractivity contribution is 7.18. The van der Waals surface area contributed by atoms with Crippen molar-refractivity contribution >= 4 is 34.2 Å². The number of hydrogen-bond acceptors (Lipinski definition) is 10. The van der Waals surface area contributed by atoms with Crippen LogP contribution in [0.5, 0.6) is 11.5 Å². The topological polar surface area (TPSA) is 123 Å². The minimum absolute atomic E-state index is 0.0380. The van der Waals surface area contributed by atoms with Gasteiger partial charge in [-0.2, -0.15) is 0 Å². The monoisotopic (exact) mass is 409 g/mol. The molecule has 2 rings (SSSR count). The number of thiophene rings is 1. The molecule has 0 saturated carbocycles. The number of carbonyl (C=O) groups excluding carboxylic acids is 3. The number of carbonyl (C=O) groups is 3. The van der Waals surface area contributed by atoms with E-state index in [4.69, 9.17) is 29.4 Å². The van der Waals surface area contributed by atoms with E-state index in [1.54, 1.807) is 6.07 Å². The molecule has 0 unspecified atom stereocenters. The summed E-state index contributed by atoms with van der Waals surface area (Å²) < 4.78 is 24.9. The maximum absolute atomic E-state index is 12.5. The van der Waals surface area contributed by atoms with E-state index in [2.05, 4.69) is 0 Å². The summed E-state index contributed by atoms with van der Waals surface area (Å²) in [6.45, 7) is -0.388. The molecule has 0 spiro atoms. The van der Waals surface area contributed by atoms with Gasteiger partial charge < -0.3 is 29.4 Å². The summed E-state index contributed by atoms with van der Waals surface area (Å²) in [5.74, 6) is -1.37. The average Bonchev–Trinajstić information content (AvgIpc) is 3.06. The summed E-state index contributed by atoms with van der Waals surface area (Å²) in [7, 11) is 5.26. The first-order valence-corrected chi connectivity index (χ1v) is 8.65. The van der Waals surface area contributed by atoms with Gasteiger partial charge >= 0.3 is 17.9 Å². The summed E-state index contributed by atoms with van der Waals surface area (Å²) >= 11 is 0.848. The number of hydrogen-bond donors (Lipinski definition) is 1. The second-order valence-electron chi connectivity index (χ2n) is 5.31. The maximum Gasteiger partial charge on any atom is 0.348 e. The van der Waals surface area contributed by atoms with Crippen molar-refractivity contribution in [3.63, 3.8) is 0 Å².